The number of nitrogens with zero attached hydrogens (tertiary/aromatic N) is 1. The number of carbonyl (C=O) groups excluding carboxylic acids is 1. The van der Waals surface area contributed by atoms with Crippen LogP contribution in [0.25, 0.3) is 11.1 Å². The number of carboxylic acids is 1. The molecule has 0 saturated heterocycles. The Morgan fingerprint density at radius 2 is 1.38 bits per heavy atom. The highest BCUT2D eigenvalue weighted by Crippen LogP contribution is 2.44. The molecule has 0 bridgehead atoms. The summed E-state index contributed by atoms with van der Waals surface area (Å²) in [7, 11) is 0. The van der Waals surface area contributed by atoms with E-state index >= 15 is 0 Å². The number of rotatable bonds is 6. The minimum atomic E-state index is -1.07. The predicted molar refractivity (Wildman–Crippen MR) is 110 cm³/mol. The van der Waals surface area contributed by atoms with Crippen molar-refractivity contribution < 1.29 is 19.4 Å². The van der Waals surface area contributed by atoms with E-state index in [9.17, 15) is 14.7 Å². The molecule has 1 amide bonds. The van der Waals surface area contributed by atoms with Crippen LogP contribution < -0.4 is 0 Å². The molecule has 0 unspecified atom stereocenters. The first kappa shape index (κ1) is 18.7. The number of carbonyl (C=O) groups is 2. The van der Waals surface area contributed by atoms with Gasteiger partial charge in [-0.3, -0.25) is 9.69 Å². The lowest BCUT2D eigenvalue weighted by Crippen LogP contribution is -2.36. The van der Waals surface area contributed by atoms with Gasteiger partial charge in [0.05, 0.1) is 0 Å². The molecular formula is C24H21NO4. The minimum Gasteiger partial charge on any atom is -0.480 e. The SMILES string of the molecule is O=C(O)CN(Cc1ccccc1)C(=O)OCC1c2ccccc2-c2ccccc21. The summed E-state index contributed by atoms with van der Waals surface area (Å²) >= 11 is 0. The number of benzene rings is 3. The van der Waals surface area contributed by atoms with E-state index in [-0.39, 0.29) is 19.1 Å². The maximum atomic E-state index is 12.7. The molecular weight excluding hydrogens is 366 g/mol. The van der Waals surface area contributed by atoms with Crippen molar-refractivity contribution in [1.29, 1.82) is 0 Å². The van der Waals surface area contributed by atoms with Crippen LogP contribution in [0.5, 0.6) is 0 Å². The summed E-state index contributed by atoms with van der Waals surface area (Å²) in [6.45, 7) is -0.0624. The fourth-order valence-electron chi connectivity index (χ4n) is 3.84. The Kier molecular flexibility index (Phi) is 5.29. The number of fused-ring (bicyclic) bond motifs is 3. The van der Waals surface area contributed by atoms with Crippen molar-refractivity contribution in [1.82, 2.24) is 4.90 Å². The highest BCUT2D eigenvalue weighted by Gasteiger charge is 2.30. The standard InChI is InChI=1S/C24H21NO4/c26-23(27)15-25(14-17-8-2-1-3-9-17)24(28)29-16-22-20-12-6-4-10-18(20)19-11-5-7-13-21(19)22/h1-13,22H,14-16H2,(H,26,27). The van der Waals surface area contributed by atoms with Gasteiger partial charge in [-0.1, -0.05) is 78.9 Å². The van der Waals surface area contributed by atoms with Crippen molar-refractivity contribution in [2.45, 2.75) is 12.5 Å². The van der Waals surface area contributed by atoms with Crippen molar-refractivity contribution >= 4 is 12.1 Å². The first-order chi connectivity index (χ1) is 14.1. The van der Waals surface area contributed by atoms with Gasteiger partial charge in [0.1, 0.15) is 13.2 Å². The molecule has 1 aliphatic carbocycles. The molecule has 29 heavy (non-hydrogen) atoms. The van der Waals surface area contributed by atoms with Crippen LogP contribution in [0.3, 0.4) is 0 Å². The van der Waals surface area contributed by atoms with E-state index in [1.807, 2.05) is 66.7 Å². The second-order valence-electron chi connectivity index (χ2n) is 7.04. The van der Waals surface area contributed by atoms with Gasteiger partial charge in [-0.25, -0.2) is 4.79 Å². The summed E-state index contributed by atoms with van der Waals surface area (Å²) < 4.78 is 5.60. The normalized spacial score (nSPS) is 12.1. The van der Waals surface area contributed by atoms with Crippen LogP contribution in [0, 0.1) is 0 Å². The van der Waals surface area contributed by atoms with Crippen LogP contribution in [0.4, 0.5) is 4.79 Å². The maximum absolute atomic E-state index is 12.7. The van der Waals surface area contributed by atoms with Gasteiger partial charge in [0.2, 0.25) is 0 Å². The number of aliphatic carboxylic acids is 1. The summed E-state index contributed by atoms with van der Waals surface area (Å²) in [4.78, 5) is 25.2. The monoisotopic (exact) mass is 387 g/mol. The van der Waals surface area contributed by atoms with Crippen molar-refractivity contribution in [3.05, 3.63) is 95.6 Å². The van der Waals surface area contributed by atoms with Gasteiger partial charge >= 0.3 is 12.1 Å². The molecule has 4 rings (SSSR count). The Bertz CT molecular complexity index is 986. The third kappa shape index (κ3) is 3.99. The van der Waals surface area contributed by atoms with Gasteiger partial charge in [-0.15, -0.1) is 0 Å². The lowest BCUT2D eigenvalue weighted by Gasteiger charge is -2.22. The van der Waals surface area contributed by atoms with E-state index in [2.05, 4.69) is 12.1 Å². The van der Waals surface area contributed by atoms with Crippen molar-refractivity contribution in [3.8, 4) is 11.1 Å². The number of hydrogen-bond acceptors (Lipinski definition) is 3. The predicted octanol–water partition coefficient (Wildman–Crippen LogP) is 4.52. The Morgan fingerprint density at radius 1 is 0.828 bits per heavy atom. The number of ether oxygens (including phenoxy) is 1. The molecule has 0 radical (unpaired) electrons. The average molecular weight is 387 g/mol. The average Bonchev–Trinajstić information content (AvgIpc) is 3.06. The lowest BCUT2D eigenvalue weighted by molar-refractivity contribution is -0.138. The smallest absolute Gasteiger partial charge is 0.410 e. The van der Waals surface area contributed by atoms with Crippen molar-refractivity contribution in [2.24, 2.45) is 0 Å². The molecule has 0 heterocycles. The first-order valence-electron chi connectivity index (χ1n) is 9.49. The van der Waals surface area contributed by atoms with Gasteiger partial charge in [0.15, 0.2) is 0 Å². The fourth-order valence-corrected chi connectivity index (χ4v) is 3.84. The highest BCUT2D eigenvalue weighted by molar-refractivity contribution is 5.79. The van der Waals surface area contributed by atoms with E-state index in [1.165, 1.54) is 4.90 Å². The topological polar surface area (TPSA) is 66.8 Å². The molecule has 3 aromatic carbocycles. The number of amides is 1. The van der Waals surface area contributed by atoms with Crippen LogP contribution in [0.15, 0.2) is 78.9 Å². The summed E-state index contributed by atoms with van der Waals surface area (Å²) in [5, 5.41) is 9.20. The van der Waals surface area contributed by atoms with E-state index in [4.69, 9.17) is 4.74 Å². The van der Waals surface area contributed by atoms with Crippen molar-refractivity contribution in [3.63, 3.8) is 0 Å². The van der Waals surface area contributed by atoms with Gasteiger partial charge in [0, 0.05) is 12.5 Å². The maximum Gasteiger partial charge on any atom is 0.410 e. The first-order valence-corrected chi connectivity index (χ1v) is 9.49. The van der Waals surface area contributed by atoms with E-state index < -0.39 is 18.6 Å². The van der Waals surface area contributed by atoms with Gasteiger partial charge < -0.3 is 9.84 Å². The quantitative estimate of drug-likeness (QED) is 0.675. The van der Waals surface area contributed by atoms with Gasteiger partial charge in [0.25, 0.3) is 0 Å². The molecule has 0 aromatic heterocycles. The number of hydrogen-bond donors (Lipinski definition) is 1. The zero-order chi connectivity index (χ0) is 20.2. The Morgan fingerprint density at radius 3 is 1.97 bits per heavy atom. The number of carboxylic acid groups (broad SMARTS) is 1. The summed E-state index contributed by atoms with van der Waals surface area (Å²) in [5.41, 5.74) is 5.39. The molecule has 0 spiro atoms. The van der Waals surface area contributed by atoms with Crippen LogP contribution in [0.2, 0.25) is 0 Å². The van der Waals surface area contributed by atoms with Crippen molar-refractivity contribution in [2.75, 3.05) is 13.2 Å². The highest BCUT2D eigenvalue weighted by atomic mass is 16.6. The van der Waals surface area contributed by atoms with E-state index in [0.29, 0.717) is 0 Å². The molecule has 0 saturated carbocycles. The van der Waals surface area contributed by atoms with Crippen LogP contribution in [-0.4, -0.2) is 35.2 Å². The van der Waals surface area contributed by atoms with Gasteiger partial charge in [-0.05, 0) is 27.8 Å². The molecule has 0 fully saturated rings. The second-order valence-corrected chi connectivity index (χ2v) is 7.04. The molecule has 1 aliphatic rings. The third-order valence-corrected chi connectivity index (χ3v) is 5.14. The molecule has 0 aliphatic heterocycles. The second kappa shape index (κ2) is 8.19. The zero-order valence-corrected chi connectivity index (χ0v) is 15.8. The molecule has 5 heteroatoms. The van der Waals surface area contributed by atoms with Crippen LogP contribution in [0.1, 0.15) is 22.6 Å². The van der Waals surface area contributed by atoms with Crippen LogP contribution in [-0.2, 0) is 16.1 Å². The largest absolute Gasteiger partial charge is 0.480 e. The van der Waals surface area contributed by atoms with E-state index in [1.54, 1.807) is 0 Å². The van der Waals surface area contributed by atoms with E-state index in [0.717, 1.165) is 27.8 Å². The molecule has 3 aromatic rings. The molecule has 146 valence electrons. The van der Waals surface area contributed by atoms with Gasteiger partial charge in [-0.2, -0.15) is 0 Å². The van der Waals surface area contributed by atoms with Crippen LogP contribution >= 0.6 is 0 Å². The fraction of sp³-hybridized carbons (Fsp3) is 0.167. The molecule has 0 atom stereocenters. The molecule has 5 nitrogen and oxygen atoms in total. The summed E-state index contributed by atoms with van der Waals surface area (Å²) in [6.07, 6.45) is -0.627. The minimum absolute atomic E-state index is 0.0604. The summed E-state index contributed by atoms with van der Waals surface area (Å²) in [5.74, 6) is -1.14. The Hall–Kier alpha value is -3.60. The lowest BCUT2D eigenvalue weighted by atomic mass is 9.98. The molecule has 1 N–H and O–H groups in total. The third-order valence-electron chi connectivity index (χ3n) is 5.14. The Balaban J connectivity index is 1.51. The Labute approximate surface area is 169 Å². The zero-order valence-electron chi connectivity index (χ0n) is 15.8. The summed E-state index contributed by atoms with van der Waals surface area (Å²) in [6, 6.07) is 25.5.